The van der Waals surface area contributed by atoms with Crippen molar-refractivity contribution in [3.8, 4) is 11.5 Å². The number of amides is 4. The highest BCUT2D eigenvalue weighted by molar-refractivity contribution is 8.18. The quantitative estimate of drug-likeness (QED) is 0.284. The Morgan fingerprint density at radius 1 is 0.911 bits per heavy atom. The number of aryl methyl sites for hydroxylation is 1. The summed E-state index contributed by atoms with van der Waals surface area (Å²) < 4.78 is 16.8. The molecule has 11 nitrogen and oxygen atoms in total. The summed E-state index contributed by atoms with van der Waals surface area (Å²) in [6, 6.07) is 19.8. The molecule has 0 bridgehead atoms. The molecule has 0 unspecified atom stereocenters. The Bertz CT molecular complexity index is 1600. The summed E-state index contributed by atoms with van der Waals surface area (Å²) in [5.41, 5.74) is 3.88. The molecule has 12 heteroatoms. The molecule has 2 fully saturated rings. The van der Waals surface area contributed by atoms with E-state index in [1.165, 1.54) is 0 Å². The van der Waals surface area contributed by atoms with Crippen LogP contribution in [-0.4, -0.2) is 73.9 Å². The number of morpholine rings is 1. The van der Waals surface area contributed by atoms with Gasteiger partial charge in [-0.25, -0.2) is 0 Å². The van der Waals surface area contributed by atoms with Crippen LogP contribution in [0, 0.1) is 6.92 Å². The average Bonchev–Trinajstić information content (AvgIpc) is 3.28. The van der Waals surface area contributed by atoms with E-state index in [1.54, 1.807) is 42.5 Å². The van der Waals surface area contributed by atoms with Gasteiger partial charge in [0.15, 0.2) is 18.1 Å². The maximum Gasteiger partial charge on any atom is 0.294 e. The fourth-order valence-electron chi connectivity index (χ4n) is 4.77. The predicted molar refractivity (Wildman–Crippen MR) is 174 cm³/mol. The zero-order valence-electron chi connectivity index (χ0n) is 25.0. The highest BCUT2D eigenvalue weighted by Gasteiger charge is 2.36. The molecule has 3 aromatic carbocycles. The van der Waals surface area contributed by atoms with E-state index in [4.69, 9.17) is 14.2 Å². The number of hydrogen-bond acceptors (Lipinski definition) is 9. The van der Waals surface area contributed by atoms with Gasteiger partial charge in [0, 0.05) is 30.2 Å². The summed E-state index contributed by atoms with van der Waals surface area (Å²) in [5.74, 6) is -0.628. The highest BCUT2D eigenvalue weighted by atomic mass is 32.2. The number of rotatable bonds is 11. The fraction of sp³-hybridized carbons (Fsp3) is 0.273. The van der Waals surface area contributed by atoms with E-state index in [0.717, 1.165) is 41.0 Å². The van der Waals surface area contributed by atoms with Crippen molar-refractivity contribution in [2.75, 3.05) is 61.6 Å². The molecule has 3 aromatic rings. The van der Waals surface area contributed by atoms with Crippen LogP contribution in [0.15, 0.2) is 71.6 Å². The topological polar surface area (TPSA) is 127 Å². The number of nitrogens with one attached hydrogen (secondary N) is 2. The summed E-state index contributed by atoms with van der Waals surface area (Å²) in [6.07, 6.45) is 1.56. The molecule has 0 radical (unpaired) electrons. The fourth-order valence-corrected chi connectivity index (χ4v) is 5.61. The van der Waals surface area contributed by atoms with Crippen molar-refractivity contribution in [1.29, 1.82) is 0 Å². The Labute approximate surface area is 265 Å². The second-order valence-corrected chi connectivity index (χ2v) is 11.3. The molecule has 0 spiro atoms. The molecular formula is C33H34N4O7S. The van der Waals surface area contributed by atoms with E-state index < -0.39 is 23.6 Å². The molecule has 0 aliphatic carbocycles. The van der Waals surface area contributed by atoms with E-state index >= 15 is 0 Å². The standard InChI is InChI=1S/C33H34N4O7S/c1-3-43-28-18-23(7-12-27(28)44-21-31(39)35-25-6-4-5-22(2)17-25)19-29-32(40)37(33(41)45-29)20-30(38)34-24-8-10-26(11-9-24)36-13-15-42-16-14-36/h4-12,17-19H,3,13-16,20-21H2,1-2H3,(H,34,38)(H,35,39)/b29-19+. The first-order valence-corrected chi connectivity index (χ1v) is 15.3. The molecule has 2 aliphatic heterocycles. The second kappa shape index (κ2) is 14.8. The van der Waals surface area contributed by atoms with E-state index in [9.17, 15) is 19.2 Å². The number of ether oxygens (including phenoxy) is 3. The molecule has 0 saturated carbocycles. The minimum absolute atomic E-state index is 0.177. The maximum atomic E-state index is 13.1. The van der Waals surface area contributed by atoms with Crippen LogP contribution in [0.5, 0.6) is 11.5 Å². The Balaban J connectivity index is 1.18. The van der Waals surface area contributed by atoms with Gasteiger partial charge in [-0.15, -0.1) is 0 Å². The SMILES string of the molecule is CCOc1cc(/C=C2/SC(=O)N(CC(=O)Nc3ccc(N4CCOCC4)cc3)C2=O)ccc1OCC(=O)Nc1cccc(C)c1. The summed E-state index contributed by atoms with van der Waals surface area (Å²) in [6.45, 7) is 6.41. The van der Waals surface area contributed by atoms with Crippen LogP contribution in [0.4, 0.5) is 21.9 Å². The third-order valence-electron chi connectivity index (χ3n) is 6.93. The van der Waals surface area contributed by atoms with Crippen molar-refractivity contribution in [2.45, 2.75) is 13.8 Å². The van der Waals surface area contributed by atoms with Crippen molar-refractivity contribution in [1.82, 2.24) is 4.90 Å². The van der Waals surface area contributed by atoms with Gasteiger partial charge in [-0.05, 0) is 91.3 Å². The Kier molecular flexibility index (Phi) is 10.4. The van der Waals surface area contributed by atoms with Crippen molar-refractivity contribution in [3.05, 3.63) is 82.8 Å². The lowest BCUT2D eigenvalue weighted by Crippen LogP contribution is -2.36. The molecule has 0 aromatic heterocycles. The zero-order chi connectivity index (χ0) is 31.8. The molecule has 2 saturated heterocycles. The van der Waals surface area contributed by atoms with Gasteiger partial charge in [-0.3, -0.25) is 24.1 Å². The largest absolute Gasteiger partial charge is 0.490 e. The van der Waals surface area contributed by atoms with E-state index in [-0.39, 0.29) is 17.4 Å². The second-order valence-electron chi connectivity index (χ2n) is 10.3. The summed E-state index contributed by atoms with van der Waals surface area (Å²) in [5, 5.41) is 5.01. The van der Waals surface area contributed by atoms with Crippen molar-refractivity contribution in [3.63, 3.8) is 0 Å². The molecule has 0 atom stereocenters. The van der Waals surface area contributed by atoms with Gasteiger partial charge < -0.3 is 29.7 Å². The van der Waals surface area contributed by atoms with E-state index in [1.807, 2.05) is 44.2 Å². The van der Waals surface area contributed by atoms with Crippen molar-refractivity contribution >= 4 is 57.9 Å². The first-order valence-electron chi connectivity index (χ1n) is 14.5. The van der Waals surface area contributed by atoms with Crippen LogP contribution in [0.1, 0.15) is 18.1 Å². The van der Waals surface area contributed by atoms with E-state index in [0.29, 0.717) is 48.3 Å². The summed E-state index contributed by atoms with van der Waals surface area (Å²) in [7, 11) is 0. The van der Waals surface area contributed by atoms with Crippen molar-refractivity contribution < 1.29 is 33.4 Å². The number of carbonyl (C=O) groups excluding carboxylic acids is 4. The molecule has 2 aliphatic rings. The number of benzene rings is 3. The molecule has 45 heavy (non-hydrogen) atoms. The molecule has 5 rings (SSSR count). The van der Waals surface area contributed by atoms with E-state index in [2.05, 4.69) is 15.5 Å². The number of carbonyl (C=O) groups is 4. The lowest BCUT2D eigenvalue weighted by molar-refractivity contribution is -0.127. The summed E-state index contributed by atoms with van der Waals surface area (Å²) in [4.78, 5) is 54.2. The molecular weight excluding hydrogens is 596 g/mol. The highest BCUT2D eigenvalue weighted by Crippen LogP contribution is 2.35. The van der Waals surface area contributed by atoms with Gasteiger partial charge in [0.1, 0.15) is 6.54 Å². The van der Waals surface area contributed by atoms with Crippen LogP contribution in [0.2, 0.25) is 0 Å². The van der Waals surface area contributed by atoms with Gasteiger partial charge >= 0.3 is 0 Å². The third-order valence-corrected chi connectivity index (χ3v) is 7.84. The van der Waals surface area contributed by atoms with Crippen molar-refractivity contribution in [2.24, 2.45) is 0 Å². The predicted octanol–water partition coefficient (Wildman–Crippen LogP) is 4.92. The number of anilines is 3. The smallest absolute Gasteiger partial charge is 0.294 e. The molecule has 2 heterocycles. The van der Waals surface area contributed by atoms with Gasteiger partial charge in [0.25, 0.3) is 17.1 Å². The first kappa shape index (κ1) is 31.6. The van der Waals surface area contributed by atoms with Crippen LogP contribution >= 0.6 is 11.8 Å². The van der Waals surface area contributed by atoms with Crippen LogP contribution in [-0.2, 0) is 19.1 Å². The average molecular weight is 631 g/mol. The van der Waals surface area contributed by atoms with Gasteiger partial charge in [-0.1, -0.05) is 18.2 Å². The third kappa shape index (κ3) is 8.43. The monoisotopic (exact) mass is 630 g/mol. The van der Waals surface area contributed by atoms with Crippen LogP contribution < -0.4 is 25.0 Å². The lowest BCUT2D eigenvalue weighted by Gasteiger charge is -2.28. The maximum absolute atomic E-state index is 13.1. The van der Waals surface area contributed by atoms with Gasteiger partial charge in [0.05, 0.1) is 24.7 Å². The minimum Gasteiger partial charge on any atom is -0.490 e. The first-order chi connectivity index (χ1) is 21.8. The number of nitrogens with zero attached hydrogens (tertiary/aromatic N) is 2. The van der Waals surface area contributed by atoms with Crippen LogP contribution in [0.3, 0.4) is 0 Å². The zero-order valence-corrected chi connectivity index (χ0v) is 25.9. The number of thioether (sulfide) groups is 1. The Morgan fingerprint density at radius 3 is 2.40 bits per heavy atom. The molecule has 2 N–H and O–H groups in total. The molecule has 234 valence electrons. The minimum atomic E-state index is -0.561. The van der Waals surface area contributed by atoms with Gasteiger partial charge in [0.2, 0.25) is 5.91 Å². The van der Waals surface area contributed by atoms with Crippen LogP contribution in [0.25, 0.3) is 6.08 Å². The molecule has 4 amide bonds. The Morgan fingerprint density at radius 2 is 1.67 bits per heavy atom. The Hall–Kier alpha value is -4.81. The lowest BCUT2D eigenvalue weighted by atomic mass is 10.2. The van der Waals surface area contributed by atoms with Gasteiger partial charge in [-0.2, -0.15) is 0 Å². The number of imide groups is 1. The summed E-state index contributed by atoms with van der Waals surface area (Å²) >= 11 is 0.760. The number of hydrogen-bond donors (Lipinski definition) is 2. The normalized spacial score (nSPS) is 15.7.